The van der Waals surface area contributed by atoms with Crippen LogP contribution in [0.4, 0.5) is 0 Å². The molecule has 0 aromatic heterocycles. The Morgan fingerprint density at radius 1 is 1.20 bits per heavy atom. The third kappa shape index (κ3) is 184. The Bertz CT molecular complexity index is 69.4. The van der Waals surface area contributed by atoms with Gasteiger partial charge in [-0.05, 0) is 0 Å². The summed E-state index contributed by atoms with van der Waals surface area (Å²) in [6, 6.07) is 0. The number of phosphoric acid groups is 1. The molecule has 0 unspecified atom stereocenters. The Balaban J connectivity index is -0.0000000326. The van der Waals surface area contributed by atoms with Gasteiger partial charge in [0, 0.05) is 0 Å². The minimum atomic E-state index is -5.39. The summed E-state index contributed by atoms with van der Waals surface area (Å²) in [6.07, 6.45) is 0. The smallest absolute Gasteiger partial charge is 0.822 e. The van der Waals surface area contributed by atoms with E-state index in [2.05, 4.69) is 5.04 Å². The van der Waals surface area contributed by atoms with E-state index in [1.807, 2.05) is 0 Å². The molecule has 0 aliphatic heterocycles. The van der Waals surface area contributed by atoms with Crippen molar-refractivity contribution in [2.75, 3.05) is 0 Å². The minimum Gasteiger partial charge on any atom is -0.822 e. The predicted molar refractivity (Wildman–Crippen MR) is 13.9 cm³/mol. The van der Waals surface area contributed by atoms with Gasteiger partial charge in [0.2, 0.25) is 0 Å². The van der Waals surface area contributed by atoms with Crippen LogP contribution in [-0.4, -0.2) is 10.5 Å². The fourth-order valence-corrected chi connectivity index (χ4v) is 0. The molecule has 0 radical (unpaired) electrons. The molecule has 0 aromatic rings. The monoisotopic (exact) mass is 240 g/mol. The fraction of sp³-hybridized carbons (Fsp3) is 0. The maximum Gasteiger partial charge on any atom is 2.00 e. The van der Waals surface area contributed by atoms with E-state index >= 15 is 0 Å². The van der Waals surface area contributed by atoms with Crippen molar-refractivity contribution in [3.63, 3.8) is 0 Å². The molecule has 10 heavy (non-hydrogen) atoms. The van der Waals surface area contributed by atoms with Crippen LogP contribution < -0.4 is 66.1 Å². The SMILES string of the molecule is O=P([O-])([O-])[O-].OOO.[Fe+2].[K+]. The second-order valence-electron chi connectivity index (χ2n) is 0.529. The molecule has 0 aliphatic rings. The van der Waals surface area contributed by atoms with Gasteiger partial charge < -0.3 is 19.2 Å². The zero-order valence-corrected chi connectivity index (χ0v) is 9.86. The first kappa shape index (κ1) is 22.7. The van der Waals surface area contributed by atoms with E-state index in [0.717, 1.165) is 0 Å². The van der Waals surface area contributed by atoms with E-state index in [0.29, 0.717) is 0 Å². The minimum absolute atomic E-state index is 0. The van der Waals surface area contributed by atoms with Crippen molar-refractivity contribution in [2.45, 2.75) is 0 Å². The molecule has 0 amide bonds. The maximum atomic E-state index is 8.55. The summed E-state index contributed by atoms with van der Waals surface area (Å²) in [7, 11) is -5.39. The third-order valence-corrected chi connectivity index (χ3v) is 0. The third-order valence-electron chi connectivity index (χ3n) is 0. The molecule has 0 aliphatic carbocycles. The molecule has 0 rings (SSSR count). The molecule has 0 spiro atoms. The molecule has 0 aromatic carbocycles. The van der Waals surface area contributed by atoms with Gasteiger partial charge in [-0.2, -0.15) is 7.82 Å². The summed E-state index contributed by atoms with van der Waals surface area (Å²) < 4.78 is 8.55. The molecule has 0 atom stereocenters. The van der Waals surface area contributed by atoms with Crippen LogP contribution in [0, 0.1) is 0 Å². The zero-order chi connectivity index (χ0) is 7.21. The van der Waals surface area contributed by atoms with Crippen molar-refractivity contribution in [3.05, 3.63) is 0 Å². The van der Waals surface area contributed by atoms with Gasteiger partial charge in [0.1, 0.15) is 0 Å². The van der Waals surface area contributed by atoms with E-state index in [9.17, 15) is 0 Å². The molecule has 2 N–H and O–H groups in total. The van der Waals surface area contributed by atoms with E-state index in [-0.39, 0.29) is 68.5 Å². The van der Waals surface area contributed by atoms with Gasteiger partial charge in [0.05, 0.1) is 0 Å². The first-order valence-electron chi connectivity index (χ1n) is 1.10. The van der Waals surface area contributed by atoms with E-state index in [1.54, 1.807) is 0 Å². The Labute approximate surface area is 109 Å². The second-order valence-corrected chi connectivity index (χ2v) is 1.42. The number of hydrogen-bond acceptors (Lipinski definition) is 7. The molecular formula is H2FeKO7P. The van der Waals surface area contributed by atoms with Gasteiger partial charge >= 0.3 is 68.5 Å². The van der Waals surface area contributed by atoms with Gasteiger partial charge in [0.15, 0.2) is 0 Å². The summed E-state index contributed by atoms with van der Waals surface area (Å²) in [5.41, 5.74) is 0. The van der Waals surface area contributed by atoms with Crippen LogP contribution in [0.5, 0.6) is 0 Å². The molecule has 0 heterocycles. The van der Waals surface area contributed by atoms with Crippen molar-refractivity contribution in [1.82, 2.24) is 0 Å². The van der Waals surface area contributed by atoms with E-state index in [4.69, 9.17) is 29.8 Å². The quantitative estimate of drug-likeness (QED) is 0.186. The maximum absolute atomic E-state index is 8.55. The Morgan fingerprint density at radius 2 is 1.20 bits per heavy atom. The van der Waals surface area contributed by atoms with Crippen LogP contribution in [0.15, 0.2) is 0 Å². The van der Waals surface area contributed by atoms with Crippen LogP contribution in [-0.2, 0) is 26.7 Å². The normalized spacial score (nSPS) is 7.70. The van der Waals surface area contributed by atoms with Crippen molar-refractivity contribution in [3.8, 4) is 0 Å². The largest absolute Gasteiger partial charge is 2.00 e. The van der Waals surface area contributed by atoms with Crippen LogP contribution in [0.3, 0.4) is 0 Å². The summed E-state index contributed by atoms with van der Waals surface area (Å²) >= 11 is 0. The Hall–Kier alpha value is 2.15. The number of rotatable bonds is 0. The molecule has 0 bridgehead atoms. The van der Waals surface area contributed by atoms with Crippen molar-refractivity contribution < 1.29 is 103 Å². The molecule has 0 saturated carbocycles. The Morgan fingerprint density at radius 3 is 1.20 bits per heavy atom. The van der Waals surface area contributed by atoms with Crippen molar-refractivity contribution >= 4 is 7.82 Å². The van der Waals surface area contributed by atoms with Gasteiger partial charge in [-0.1, -0.05) is 5.04 Å². The summed E-state index contributed by atoms with van der Waals surface area (Å²) in [5.74, 6) is 0. The van der Waals surface area contributed by atoms with Crippen molar-refractivity contribution in [1.29, 1.82) is 0 Å². The van der Waals surface area contributed by atoms with Crippen LogP contribution in [0.2, 0.25) is 0 Å². The van der Waals surface area contributed by atoms with Crippen molar-refractivity contribution in [2.24, 2.45) is 0 Å². The molecule has 58 valence electrons. The van der Waals surface area contributed by atoms with Crippen LogP contribution in [0.1, 0.15) is 0 Å². The first-order valence-corrected chi connectivity index (χ1v) is 2.56. The molecule has 0 saturated heterocycles. The van der Waals surface area contributed by atoms with Gasteiger partial charge in [-0.15, -0.1) is 0 Å². The molecule has 0 fully saturated rings. The molecule has 10 heteroatoms. The van der Waals surface area contributed by atoms with E-state index in [1.165, 1.54) is 0 Å². The fourth-order valence-electron chi connectivity index (χ4n) is 0. The predicted octanol–water partition coefficient (Wildman–Crippen LogP) is -5.87. The van der Waals surface area contributed by atoms with E-state index < -0.39 is 7.82 Å². The average molecular weight is 240 g/mol. The van der Waals surface area contributed by atoms with Gasteiger partial charge in [-0.25, -0.2) is 10.5 Å². The van der Waals surface area contributed by atoms with Crippen LogP contribution >= 0.6 is 7.82 Å². The summed E-state index contributed by atoms with van der Waals surface area (Å²) in [6.45, 7) is 0. The summed E-state index contributed by atoms with van der Waals surface area (Å²) in [4.78, 5) is 25.6. The topological polar surface area (TPSA) is 136 Å². The Kier molecular flexibility index (Phi) is 31.2. The molecule has 7 nitrogen and oxygen atoms in total. The second kappa shape index (κ2) is 13.7. The summed E-state index contributed by atoms with van der Waals surface area (Å²) in [5, 5.41) is 15.5. The first-order chi connectivity index (χ1) is 3.41. The standard InChI is InChI=1S/Fe.K.H3O4P.H2O3/c;;1-5(2,3)4;1-3-2/h;;(H3,1,2,3,4);1-2H/q+2;+1;;/p-3. The molecular weight excluding hydrogens is 238 g/mol. The van der Waals surface area contributed by atoms with Gasteiger partial charge in [-0.3, -0.25) is 0 Å². The van der Waals surface area contributed by atoms with Gasteiger partial charge in [0.25, 0.3) is 0 Å². The number of hydrogen-bond donors (Lipinski definition) is 2. The zero-order valence-electron chi connectivity index (χ0n) is 4.74. The average Bonchev–Trinajstić information content (AvgIpc) is 1.27. The van der Waals surface area contributed by atoms with Crippen LogP contribution in [0.25, 0.3) is 0 Å².